The summed E-state index contributed by atoms with van der Waals surface area (Å²) in [6, 6.07) is 10.5. The van der Waals surface area contributed by atoms with Crippen LogP contribution in [0.4, 0.5) is 0 Å². The Morgan fingerprint density at radius 3 is 3.00 bits per heavy atom. The Balaban J connectivity index is 1.47. The zero-order valence-electron chi connectivity index (χ0n) is 10.3. The van der Waals surface area contributed by atoms with E-state index in [2.05, 4.69) is 49.2 Å². The minimum Gasteiger partial charge on any atom is -0.364 e. The van der Waals surface area contributed by atoms with Crippen LogP contribution in [0.25, 0.3) is 0 Å². The molecule has 1 aromatic carbocycles. The van der Waals surface area contributed by atoms with E-state index >= 15 is 0 Å². The second kappa shape index (κ2) is 5.88. The second-order valence-electron chi connectivity index (χ2n) is 4.19. The maximum absolute atomic E-state index is 4.69. The van der Waals surface area contributed by atoms with E-state index in [4.69, 9.17) is 0 Å². The first-order chi connectivity index (χ1) is 9.42. The standard InChI is InChI=1S/C13H14N4OS/c1-2-4-10(5-3-1)11-8-15-13(19-11)14-7-6-12-16-9-18-17-12/h1-5,9,11H,6-8H2,(H,14,15). The number of nitrogens with zero attached hydrogens (tertiary/aromatic N) is 3. The predicted octanol–water partition coefficient (Wildman–Crippen LogP) is 2.05. The molecule has 1 N–H and O–H groups in total. The Bertz CT molecular complexity index is 541. The summed E-state index contributed by atoms with van der Waals surface area (Å²) in [5.74, 6) is 0.718. The average molecular weight is 274 g/mol. The van der Waals surface area contributed by atoms with Gasteiger partial charge in [0.1, 0.15) is 0 Å². The molecule has 1 atom stereocenters. The summed E-state index contributed by atoms with van der Waals surface area (Å²) < 4.78 is 4.69. The molecule has 6 heteroatoms. The van der Waals surface area contributed by atoms with Gasteiger partial charge >= 0.3 is 0 Å². The molecule has 1 aromatic heterocycles. The van der Waals surface area contributed by atoms with E-state index in [1.807, 2.05) is 6.07 Å². The molecule has 0 fully saturated rings. The topological polar surface area (TPSA) is 63.3 Å². The summed E-state index contributed by atoms with van der Waals surface area (Å²) >= 11 is 1.78. The molecular weight excluding hydrogens is 260 g/mol. The highest BCUT2D eigenvalue weighted by Crippen LogP contribution is 2.33. The normalized spacial score (nSPS) is 18.3. The van der Waals surface area contributed by atoms with E-state index in [1.54, 1.807) is 11.8 Å². The molecule has 0 amide bonds. The third-order valence-electron chi connectivity index (χ3n) is 2.86. The van der Waals surface area contributed by atoms with E-state index < -0.39 is 0 Å². The Hall–Kier alpha value is -1.82. The van der Waals surface area contributed by atoms with Gasteiger partial charge in [-0.05, 0) is 5.56 Å². The Morgan fingerprint density at radius 1 is 1.32 bits per heavy atom. The smallest absolute Gasteiger partial charge is 0.213 e. The minimum absolute atomic E-state index is 0.425. The summed E-state index contributed by atoms with van der Waals surface area (Å²) in [7, 11) is 0. The molecular formula is C13H14N4OS. The molecule has 2 aromatic rings. The minimum atomic E-state index is 0.425. The lowest BCUT2D eigenvalue weighted by atomic mass is 10.1. The number of aliphatic imine (C=N–C) groups is 1. The van der Waals surface area contributed by atoms with Crippen molar-refractivity contribution in [1.29, 1.82) is 0 Å². The first-order valence-corrected chi connectivity index (χ1v) is 7.05. The number of thioether (sulfide) groups is 1. The van der Waals surface area contributed by atoms with Crippen molar-refractivity contribution in [3.8, 4) is 0 Å². The fourth-order valence-corrected chi connectivity index (χ4v) is 2.94. The molecule has 3 rings (SSSR count). The van der Waals surface area contributed by atoms with Crippen molar-refractivity contribution in [1.82, 2.24) is 15.5 Å². The molecule has 0 spiro atoms. The van der Waals surface area contributed by atoms with E-state index in [-0.39, 0.29) is 0 Å². The highest BCUT2D eigenvalue weighted by molar-refractivity contribution is 8.14. The maximum Gasteiger partial charge on any atom is 0.213 e. The fraction of sp³-hybridized carbons (Fsp3) is 0.308. The van der Waals surface area contributed by atoms with Gasteiger partial charge in [-0.1, -0.05) is 47.3 Å². The molecule has 1 aliphatic rings. The van der Waals surface area contributed by atoms with Gasteiger partial charge in [0, 0.05) is 13.0 Å². The maximum atomic E-state index is 4.69. The third-order valence-corrected chi connectivity index (χ3v) is 4.06. The number of hydrogen-bond acceptors (Lipinski definition) is 6. The van der Waals surface area contributed by atoms with Crippen LogP contribution < -0.4 is 5.32 Å². The van der Waals surface area contributed by atoms with E-state index in [0.29, 0.717) is 5.25 Å². The first kappa shape index (κ1) is 12.2. The largest absolute Gasteiger partial charge is 0.364 e. The fourth-order valence-electron chi connectivity index (χ4n) is 1.90. The van der Waals surface area contributed by atoms with E-state index in [0.717, 1.165) is 30.5 Å². The van der Waals surface area contributed by atoms with E-state index in [9.17, 15) is 0 Å². The molecule has 2 heterocycles. The molecule has 5 nitrogen and oxygen atoms in total. The van der Waals surface area contributed by atoms with Gasteiger partial charge in [-0.15, -0.1) is 0 Å². The van der Waals surface area contributed by atoms with Crippen molar-refractivity contribution in [2.45, 2.75) is 11.7 Å². The molecule has 1 aliphatic heterocycles. The summed E-state index contributed by atoms with van der Waals surface area (Å²) in [5, 5.41) is 8.50. The molecule has 98 valence electrons. The lowest BCUT2D eigenvalue weighted by molar-refractivity contribution is 0.410. The summed E-state index contributed by atoms with van der Waals surface area (Å²) in [6.07, 6.45) is 2.09. The van der Waals surface area contributed by atoms with Crippen molar-refractivity contribution in [2.24, 2.45) is 4.99 Å². The van der Waals surface area contributed by atoms with E-state index in [1.165, 1.54) is 12.0 Å². The van der Waals surface area contributed by atoms with Gasteiger partial charge in [0.15, 0.2) is 11.0 Å². The van der Waals surface area contributed by atoms with Crippen LogP contribution in [0, 0.1) is 0 Å². The second-order valence-corrected chi connectivity index (χ2v) is 5.38. The molecule has 0 radical (unpaired) electrons. The van der Waals surface area contributed by atoms with Gasteiger partial charge in [0.05, 0.1) is 11.8 Å². The van der Waals surface area contributed by atoms with Crippen molar-refractivity contribution in [2.75, 3.05) is 13.1 Å². The van der Waals surface area contributed by atoms with Gasteiger partial charge in [-0.25, -0.2) is 0 Å². The lowest BCUT2D eigenvalue weighted by Gasteiger charge is -2.08. The van der Waals surface area contributed by atoms with Crippen molar-refractivity contribution in [3.05, 3.63) is 48.1 Å². The van der Waals surface area contributed by atoms with Crippen molar-refractivity contribution >= 4 is 16.9 Å². The van der Waals surface area contributed by atoms with Crippen LogP contribution >= 0.6 is 11.8 Å². The summed E-state index contributed by atoms with van der Waals surface area (Å²) in [6.45, 7) is 1.60. The predicted molar refractivity (Wildman–Crippen MR) is 75.1 cm³/mol. The van der Waals surface area contributed by atoms with Crippen LogP contribution in [0.3, 0.4) is 0 Å². The van der Waals surface area contributed by atoms with Crippen LogP contribution in [0.15, 0.2) is 46.2 Å². The zero-order chi connectivity index (χ0) is 12.9. The monoisotopic (exact) mass is 274 g/mol. The van der Waals surface area contributed by atoms with Crippen LogP contribution in [0.5, 0.6) is 0 Å². The summed E-state index contributed by atoms with van der Waals surface area (Å²) in [5.41, 5.74) is 1.33. The number of benzene rings is 1. The van der Waals surface area contributed by atoms with Gasteiger partial charge in [-0.2, -0.15) is 4.98 Å². The highest BCUT2D eigenvalue weighted by atomic mass is 32.2. The zero-order valence-corrected chi connectivity index (χ0v) is 11.1. The Kier molecular flexibility index (Phi) is 3.78. The van der Waals surface area contributed by atoms with Crippen LogP contribution in [-0.2, 0) is 6.42 Å². The molecule has 0 aliphatic carbocycles. The third kappa shape index (κ3) is 3.14. The van der Waals surface area contributed by atoms with Crippen LogP contribution in [0.2, 0.25) is 0 Å². The number of rotatable bonds is 4. The number of aromatic nitrogens is 2. The molecule has 0 bridgehead atoms. The molecule has 0 saturated heterocycles. The van der Waals surface area contributed by atoms with Gasteiger partial charge in [0.2, 0.25) is 6.39 Å². The first-order valence-electron chi connectivity index (χ1n) is 6.17. The molecule has 1 unspecified atom stereocenters. The highest BCUT2D eigenvalue weighted by Gasteiger charge is 2.20. The SMILES string of the molecule is c1ccc(C2CN=C(NCCc3ncon3)S2)cc1. The van der Waals surface area contributed by atoms with Crippen molar-refractivity contribution in [3.63, 3.8) is 0 Å². The van der Waals surface area contributed by atoms with Crippen LogP contribution in [0.1, 0.15) is 16.6 Å². The number of hydrogen-bond donors (Lipinski definition) is 1. The van der Waals surface area contributed by atoms with Gasteiger partial charge in [0.25, 0.3) is 0 Å². The molecule has 0 saturated carbocycles. The van der Waals surface area contributed by atoms with Gasteiger partial charge < -0.3 is 9.84 Å². The quantitative estimate of drug-likeness (QED) is 0.924. The molecule has 19 heavy (non-hydrogen) atoms. The number of nitrogens with one attached hydrogen (secondary N) is 1. The number of amidine groups is 1. The van der Waals surface area contributed by atoms with Crippen molar-refractivity contribution < 1.29 is 4.52 Å². The van der Waals surface area contributed by atoms with Gasteiger partial charge in [-0.3, -0.25) is 4.99 Å². The lowest BCUT2D eigenvalue weighted by Crippen LogP contribution is -2.22. The van der Waals surface area contributed by atoms with Crippen LogP contribution in [-0.4, -0.2) is 28.4 Å². The Labute approximate surface area is 115 Å². The Morgan fingerprint density at radius 2 is 2.21 bits per heavy atom. The summed E-state index contributed by atoms with van der Waals surface area (Å²) in [4.78, 5) is 8.50. The average Bonchev–Trinajstić information content (AvgIpc) is 3.11.